The topological polar surface area (TPSA) is 6.48 Å². The van der Waals surface area contributed by atoms with E-state index >= 15 is 0 Å². The Hall–Kier alpha value is -2.83. The summed E-state index contributed by atoms with van der Waals surface area (Å²) in [5.74, 6) is -2.48. The minimum absolute atomic E-state index is 0. The predicted octanol–water partition coefficient (Wildman–Crippen LogP) is 9.10. The van der Waals surface area contributed by atoms with Gasteiger partial charge in [-0.25, -0.2) is 41.8 Å². The molecule has 0 aliphatic carbocycles. The van der Waals surface area contributed by atoms with Gasteiger partial charge in [-0.2, -0.15) is 36.4 Å². The summed E-state index contributed by atoms with van der Waals surface area (Å²) < 4.78 is 52.4. The Bertz CT molecular complexity index is 1140. The summed E-state index contributed by atoms with van der Waals surface area (Å²) >= 11 is 0. The van der Waals surface area contributed by atoms with E-state index < -0.39 is 23.3 Å². The van der Waals surface area contributed by atoms with Gasteiger partial charge in [0, 0.05) is 47.4 Å². The average Bonchev–Trinajstić information content (AvgIpc) is 3.71. The van der Waals surface area contributed by atoms with Crippen molar-refractivity contribution >= 4 is 11.4 Å². The number of hydrogen-bond donors (Lipinski definition) is 0. The minimum Gasteiger partial charge on any atom is -0.416 e. The van der Waals surface area contributed by atoms with Crippen LogP contribution < -0.4 is 9.80 Å². The Morgan fingerprint density at radius 3 is 1.17 bits per heavy atom. The van der Waals surface area contributed by atoms with Gasteiger partial charge >= 0.3 is 21.7 Å². The summed E-state index contributed by atoms with van der Waals surface area (Å²) in [4.78, 5) is 3.97. The molecule has 0 saturated carbocycles. The minimum atomic E-state index is -0.645. The maximum atomic E-state index is 13.5. The zero-order valence-electron chi connectivity index (χ0n) is 24.2. The largest absolute Gasteiger partial charge is 4.00 e. The average molecular weight is 599 g/mol. The van der Waals surface area contributed by atoms with Crippen LogP contribution in [0.4, 0.5) is 28.9 Å². The first kappa shape index (κ1) is 34.4. The molecule has 2 nitrogen and oxygen atoms in total. The van der Waals surface area contributed by atoms with E-state index in [0.29, 0.717) is 11.4 Å². The molecular formula is C34H38F4N2Ti. The normalized spacial score (nSPS) is 16.3. The SMILES string of the molecule is CC1(C)CCCN1c1ccc(F)[c-]c1F.CC1(C)CCCN1c1ccc(F)[c-]c1F.[Ti+4].c1cc[cH-]c1.c1cc[cH-]c1. The fraction of sp³-hybridized carbons (Fsp3) is 0.353. The molecule has 0 atom stereocenters. The molecule has 0 spiro atoms. The smallest absolute Gasteiger partial charge is 0.416 e. The second kappa shape index (κ2) is 16.0. The van der Waals surface area contributed by atoms with E-state index in [9.17, 15) is 17.6 Å². The van der Waals surface area contributed by atoms with Gasteiger partial charge in [-0.1, -0.05) is 0 Å². The van der Waals surface area contributed by atoms with Crippen LogP contribution in [0.5, 0.6) is 0 Å². The molecule has 0 aromatic heterocycles. The molecule has 0 unspecified atom stereocenters. The monoisotopic (exact) mass is 598 g/mol. The first-order valence-electron chi connectivity index (χ1n) is 13.6. The molecule has 0 radical (unpaired) electrons. The Morgan fingerprint density at radius 2 is 0.951 bits per heavy atom. The van der Waals surface area contributed by atoms with Crippen molar-refractivity contribution in [2.45, 2.75) is 64.5 Å². The molecule has 41 heavy (non-hydrogen) atoms. The third kappa shape index (κ3) is 10.2. The second-order valence-corrected chi connectivity index (χ2v) is 11.1. The van der Waals surface area contributed by atoms with Gasteiger partial charge in [-0.3, -0.25) is 0 Å². The van der Waals surface area contributed by atoms with Crippen LogP contribution in [-0.2, 0) is 21.7 Å². The third-order valence-corrected chi connectivity index (χ3v) is 7.18. The van der Waals surface area contributed by atoms with Crippen LogP contribution in [-0.4, -0.2) is 24.2 Å². The quantitative estimate of drug-likeness (QED) is 0.129. The summed E-state index contributed by atoms with van der Waals surface area (Å²) in [5.41, 5.74) is 0.816. The van der Waals surface area contributed by atoms with Crippen LogP contribution in [0, 0.1) is 35.4 Å². The molecule has 6 rings (SSSR count). The van der Waals surface area contributed by atoms with Crippen molar-refractivity contribution in [2.24, 2.45) is 0 Å². The number of hydrogen-bond acceptors (Lipinski definition) is 2. The number of halogens is 4. The summed E-state index contributed by atoms with van der Waals surface area (Å²) in [6.45, 7) is 9.93. The molecule has 0 bridgehead atoms. The Kier molecular flexibility index (Phi) is 13.4. The van der Waals surface area contributed by atoms with Crippen molar-refractivity contribution in [3.63, 3.8) is 0 Å². The summed E-state index contributed by atoms with van der Waals surface area (Å²) in [6, 6.07) is 29.7. The summed E-state index contributed by atoms with van der Waals surface area (Å²) in [7, 11) is 0. The van der Waals surface area contributed by atoms with Crippen LogP contribution in [0.3, 0.4) is 0 Å². The molecule has 2 aliphatic rings. The molecule has 2 aliphatic heterocycles. The molecule has 7 heteroatoms. The van der Waals surface area contributed by atoms with Crippen molar-refractivity contribution in [1.29, 1.82) is 0 Å². The second-order valence-electron chi connectivity index (χ2n) is 11.1. The maximum Gasteiger partial charge on any atom is 4.00 e. The molecular weight excluding hydrogens is 560 g/mol. The molecule has 0 N–H and O–H groups in total. The van der Waals surface area contributed by atoms with Crippen LogP contribution in [0.1, 0.15) is 53.4 Å². The zero-order chi connectivity index (χ0) is 29.2. The molecule has 216 valence electrons. The van der Waals surface area contributed by atoms with Crippen LogP contribution in [0.15, 0.2) is 84.9 Å². The molecule has 0 amide bonds. The standard InChI is InChI=1S/2C12H14F2N.2C5H5.Ti/c2*1-12(2)6-3-7-15(12)11-5-4-9(13)8-10(11)14;2*1-2-4-5-3-1;/h2*4-5H,3,6-7H2,1-2H3;2*1-5H;/q4*-1;+4. The fourth-order valence-electron chi connectivity index (χ4n) is 5.04. The molecule has 2 fully saturated rings. The summed E-state index contributed by atoms with van der Waals surface area (Å²) in [5, 5.41) is 0. The Labute approximate surface area is 257 Å². The van der Waals surface area contributed by atoms with Gasteiger partial charge in [0.15, 0.2) is 0 Å². The van der Waals surface area contributed by atoms with Crippen LogP contribution >= 0.6 is 0 Å². The van der Waals surface area contributed by atoms with Gasteiger partial charge in [0.2, 0.25) is 0 Å². The zero-order valence-corrected chi connectivity index (χ0v) is 25.8. The van der Waals surface area contributed by atoms with Crippen LogP contribution in [0.2, 0.25) is 0 Å². The van der Waals surface area contributed by atoms with E-state index in [2.05, 4.69) is 39.8 Å². The molecule has 4 aromatic rings. The van der Waals surface area contributed by atoms with Crippen molar-refractivity contribution in [3.8, 4) is 0 Å². The number of anilines is 2. The van der Waals surface area contributed by atoms with Crippen molar-refractivity contribution < 1.29 is 39.3 Å². The van der Waals surface area contributed by atoms with Crippen molar-refractivity contribution in [1.82, 2.24) is 0 Å². The van der Waals surface area contributed by atoms with Gasteiger partial charge < -0.3 is 9.80 Å². The number of benzene rings is 2. The number of nitrogens with zero attached hydrogens (tertiary/aromatic N) is 2. The molecule has 2 heterocycles. The van der Waals surface area contributed by atoms with Crippen molar-refractivity contribution in [3.05, 3.63) is 120 Å². The van der Waals surface area contributed by atoms with Crippen molar-refractivity contribution in [2.75, 3.05) is 22.9 Å². The Balaban J connectivity index is 0.000000211. The van der Waals surface area contributed by atoms with E-state index in [4.69, 9.17) is 0 Å². The molecule has 4 aromatic carbocycles. The molecule has 2 saturated heterocycles. The first-order valence-corrected chi connectivity index (χ1v) is 13.6. The van der Waals surface area contributed by atoms with E-state index in [0.717, 1.165) is 38.8 Å². The maximum absolute atomic E-state index is 13.5. The van der Waals surface area contributed by atoms with Gasteiger partial charge in [0.1, 0.15) is 0 Å². The van der Waals surface area contributed by atoms with Crippen LogP contribution in [0.25, 0.3) is 0 Å². The van der Waals surface area contributed by atoms with Gasteiger partial charge in [0.05, 0.1) is 0 Å². The fourth-order valence-corrected chi connectivity index (χ4v) is 5.04. The van der Waals surface area contributed by atoms with Gasteiger partial charge in [-0.05, 0) is 64.8 Å². The van der Waals surface area contributed by atoms with E-state index in [1.54, 1.807) is 0 Å². The van der Waals surface area contributed by atoms with Gasteiger partial charge in [-0.15, -0.1) is 36.4 Å². The van der Waals surface area contributed by atoms with Gasteiger partial charge in [0.25, 0.3) is 0 Å². The van der Waals surface area contributed by atoms with E-state index in [1.165, 1.54) is 24.3 Å². The Morgan fingerprint density at radius 1 is 0.610 bits per heavy atom. The first-order chi connectivity index (χ1) is 19.0. The van der Waals surface area contributed by atoms with E-state index in [-0.39, 0.29) is 32.8 Å². The number of rotatable bonds is 2. The summed E-state index contributed by atoms with van der Waals surface area (Å²) in [6.07, 6.45) is 4.15. The third-order valence-electron chi connectivity index (χ3n) is 7.18. The van der Waals surface area contributed by atoms with E-state index in [1.807, 2.05) is 70.5 Å². The predicted molar refractivity (Wildman–Crippen MR) is 156 cm³/mol.